The van der Waals surface area contributed by atoms with Crippen LogP contribution in [-0.4, -0.2) is 116 Å². The summed E-state index contributed by atoms with van der Waals surface area (Å²) < 4.78 is 257. The molecule has 4 fully saturated rings. The number of rotatable bonds is 20. The second-order valence-electron chi connectivity index (χ2n) is 31.2. The van der Waals surface area contributed by atoms with Gasteiger partial charge in [0.2, 0.25) is 0 Å². The summed E-state index contributed by atoms with van der Waals surface area (Å²) in [6, 6.07) is 18.2. The molecule has 4 aliphatic carbocycles. The highest BCUT2D eigenvalue weighted by Crippen LogP contribution is 2.70. The minimum absolute atomic E-state index is 0. The van der Waals surface area contributed by atoms with Crippen LogP contribution in [0, 0.1) is 71.1 Å². The molecule has 2 unspecified atom stereocenters. The Bertz CT molecular complexity index is 6040. The number of aryl methyl sites for hydroxylation is 2. The molecule has 2 N–H and O–H groups in total. The minimum atomic E-state index is -5.04. The van der Waals surface area contributed by atoms with Gasteiger partial charge in [0.15, 0.2) is 42.6 Å². The lowest BCUT2D eigenvalue weighted by atomic mass is 9.86. The normalized spacial score (nSPS) is 19.9. The Morgan fingerprint density at radius 2 is 0.975 bits per heavy atom. The van der Waals surface area contributed by atoms with E-state index in [9.17, 15) is 70.3 Å². The summed E-state index contributed by atoms with van der Waals surface area (Å²) in [6.45, 7) is 1.81. The molecule has 8 heterocycles. The maximum atomic E-state index is 15.5. The van der Waals surface area contributed by atoms with E-state index in [1.807, 2.05) is 0 Å². The predicted octanol–water partition coefficient (Wildman–Crippen LogP) is 17.1. The maximum Gasteiger partial charge on any atom is 0.435 e. The van der Waals surface area contributed by atoms with Crippen LogP contribution in [0.25, 0.3) is 44.1 Å². The molecule has 4 aromatic carbocycles. The molecule has 6 aromatic heterocycles. The number of pyridine rings is 2. The Morgan fingerprint density at radius 1 is 0.575 bits per heavy atom. The van der Waals surface area contributed by atoms with Crippen LogP contribution in [0.5, 0.6) is 0 Å². The first-order chi connectivity index (χ1) is 55.9. The van der Waals surface area contributed by atoms with Crippen LogP contribution in [-0.2, 0) is 105 Å². The van der Waals surface area contributed by atoms with Crippen molar-refractivity contribution < 1.29 is 87.9 Å². The second-order valence-corrected chi connectivity index (χ2v) is 36.6. The molecule has 0 spiro atoms. The summed E-state index contributed by atoms with van der Waals surface area (Å²) in [5.41, 5.74) is -2.47. The van der Waals surface area contributed by atoms with Crippen molar-refractivity contribution in [2.75, 3.05) is 38.7 Å². The third-order valence-electron chi connectivity index (χ3n) is 22.0. The fourth-order valence-electron chi connectivity index (χ4n) is 17.0. The van der Waals surface area contributed by atoms with E-state index in [1.54, 1.807) is 50.5 Å². The molecule has 2 saturated heterocycles. The zero-order valence-electron chi connectivity index (χ0n) is 64.1. The Balaban J connectivity index is 0.000000189. The van der Waals surface area contributed by atoms with Crippen LogP contribution in [0.1, 0.15) is 149 Å². The van der Waals surface area contributed by atoms with Crippen molar-refractivity contribution in [1.82, 2.24) is 59.7 Å². The number of terminal acetylenes is 1. The van der Waals surface area contributed by atoms with Crippen molar-refractivity contribution in [3.05, 3.63) is 197 Å². The van der Waals surface area contributed by atoms with Gasteiger partial charge in [0.1, 0.15) is 58.6 Å². The van der Waals surface area contributed by atoms with Crippen molar-refractivity contribution in [1.29, 1.82) is 0 Å². The van der Waals surface area contributed by atoms with Crippen LogP contribution >= 0.6 is 47.2 Å². The fourth-order valence-corrected chi connectivity index (χ4v) is 19.1. The number of nitrogens with zero attached hydrogens (tertiary/aromatic N) is 10. The molecular weight excluding hydrogens is 1720 g/mol. The van der Waals surface area contributed by atoms with Crippen molar-refractivity contribution >= 4 is 100 Å². The van der Waals surface area contributed by atoms with Crippen LogP contribution in [0.2, 0.25) is 15.2 Å². The number of ketones is 2. The number of carbonyl (C=O) groups is 2. The first-order valence-electron chi connectivity index (χ1n) is 37.7. The SMILES string of the molecule is C#CC1CCCNC1.Cl.Cn1nc(CS(C)(=O)=O)c2c(Cl)ccc(-c3ccc(C#CC4CCCNC4)nc3[C@@H](CC(=O)Cn3nc(C(F)(F)F)c4c3C(F)(F)[C@@H]3C[C@H]43)Cc3cc(F)cc(F)c3)c21.Cn1nc(CS(C)(=O)=O)c2c(Cl)ccc(-c3ccc(Cl)nc3[C@@H](CC(=O)Cn3nc(C(F)(F)F)c4c3C(F)(F)[C@@H]3C[C@H]43)Cc3cc(F)cc(F)c3)c21. The van der Waals surface area contributed by atoms with E-state index in [1.165, 1.54) is 34.3 Å². The Labute approximate surface area is 700 Å². The highest BCUT2D eigenvalue weighted by Gasteiger charge is 2.70. The summed E-state index contributed by atoms with van der Waals surface area (Å²) >= 11 is 19.6. The van der Waals surface area contributed by atoms with Gasteiger partial charge in [-0.15, -0.1) is 24.8 Å². The molecule has 6 aliphatic rings. The Kier molecular flexibility index (Phi) is 25.2. The lowest BCUT2D eigenvalue weighted by Gasteiger charge is -2.22. The highest BCUT2D eigenvalue weighted by atomic mass is 35.5. The van der Waals surface area contributed by atoms with E-state index in [2.05, 4.69) is 53.8 Å². The molecule has 0 amide bonds. The number of hydrogen-bond acceptors (Lipinski definition) is 14. The first kappa shape index (κ1) is 88.8. The van der Waals surface area contributed by atoms with Crippen molar-refractivity contribution in [2.24, 2.45) is 37.8 Å². The minimum Gasteiger partial charge on any atom is -0.316 e. The molecule has 8 atom stereocenters. The van der Waals surface area contributed by atoms with Gasteiger partial charge in [-0.2, -0.15) is 64.3 Å². The van der Waals surface area contributed by atoms with E-state index in [0.29, 0.717) is 78.0 Å². The summed E-state index contributed by atoms with van der Waals surface area (Å²) in [6.07, 6.45) is -0.340. The zero-order valence-corrected chi connectivity index (χ0v) is 68.8. The van der Waals surface area contributed by atoms with Gasteiger partial charge in [-0.05, 0) is 154 Å². The first-order valence-corrected chi connectivity index (χ1v) is 43.0. The lowest BCUT2D eigenvalue weighted by Crippen LogP contribution is -2.28. The zero-order chi connectivity index (χ0) is 85.7. The van der Waals surface area contributed by atoms with E-state index < -0.39 is 186 Å². The Hall–Kier alpha value is -9.00. The highest BCUT2D eigenvalue weighted by molar-refractivity contribution is 7.90. The molecular formula is C82H74Cl4F14N12O6S2. The number of sulfone groups is 2. The number of fused-ring (bicyclic) bond motifs is 8. The van der Waals surface area contributed by atoms with Gasteiger partial charge in [-0.1, -0.05) is 52.9 Å². The maximum absolute atomic E-state index is 15.5. The molecule has 0 radical (unpaired) electrons. The van der Waals surface area contributed by atoms with Crippen LogP contribution in [0.15, 0.2) is 84.9 Å². The summed E-state index contributed by atoms with van der Waals surface area (Å²) in [5.74, 6) is -10.6. The van der Waals surface area contributed by atoms with Crippen molar-refractivity contribution in [3.63, 3.8) is 0 Å². The average Bonchev–Trinajstić information content (AvgIpc) is 1.52. The molecule has 38 heteroatoms. The van der Waals surface area contributed by atoms with Gasteiger partial charge >= 0.3 is 12.4 Å². The number of alkyl halides is 10. The number of Topliss-reactive ketones (excluding diaryl/α,β-unsaturated/α-hetero) is 2. The largest absolute Gasteiger partial charge is 0.435 e. The van der Waals surface area contributed by atoms with Gasteiger partial charge in [0.05, 0.1) is 55.4 Å². The van der Waals surface area contributed by atoms with Gasteiger partial charge in [-0.3, -0.25) is 28.3 Å². The van der Waals surface area contributed by atoms with Crippen molar-refractivity contribution in [2.45, 2.75) is 137 Å². The number of nitrogens with one attached hydrogen (secondary N) is 2. The smallest absolute Gasteiger partial charge is 0.316 e. The number of hydrogen-bond donors (Lipinski definition) is 2. The second kappa shape index (κ2) is 34.0. The molecule has 0 bridgehead atoms. The Morgan fingerprint density at radius 3 is 1.36 bits per heavy atom. The number of halogens is 18. The molecule has 2 aliphatic heterocycles. The molecule has 18 nitrogen and oxygen atoms in total. The standard InChI is InChI=1S/C41H36ClF7N6O3S.C34H26Cl2F7N5O3S.C7H11N.ClH/c1-54-37-29(9-10-32(42)35(37)33(52-54)20-59(2,57)58)28-8-7-26(6-5-21-4-3-11-50-18-21)51-36(28)23(12-22-13-24(43)16-25(44)14-22)15-27(56)19-55-39-34(38(53-55)41(47,48)49)30-17-31(30)40(39,45)46;1-47-30-21(3-5-24(35)28(30)25(45-47)14-52(2,50)51)20-4-6-26(36)44-29(20)16(7-15-8-17(37)11-18(38)9-15)10-19(49)13-48-32-27(31(46-48)34(41,42)43)22-12-23(22)33(32,39)40;1-2-7-4-3-5-8-6-7;/h7-10,13-14,16,21,23,30-31,50H,3-4,11-12,15,17-20H2,1-2H3;3-6,8-9,11,16,22-23H,7,10,12-14H2,1-2H3;1,7-8H,3-6H2;1H/t21?,23-,30+,31-;16-,22+,23-;;/m11../s1. The predicted molar refractivity (Wildman–Crippen MR) is 423 cm³/mol. The van der Waals surface area contributed by atoms with Crippen LogP contribution in [0.4, 0.5) is 61.5 Å². The topological polar surface area (TPSA) is 224 Å². The van der Waals surface area contributed by atoms with Gasteiger partial charge in [0.25, 0.3) is 11.8 Å². The third kappa shape index (κ3) is 18.8. The van der Waals surface area contributed by atoms with Gasteiger partial charge in [0, 0.05) is 144 Å². The monoisotopic (exact) mass is 1790 g/mol. The lowest BCUT2D eigenvalue weighted by molar-refractivity contribution is -0.143. The molecule has 2 saturated carbocycles. The van der Waals surface area contributed by atoms with E-state index in [0.717, 1.165) is 69.3 Å². The molecule has 636 valence electrons. The summed E-state index contributed by atoms with van der Waals surface area (Å²) in [5, 5.41) is 23.4. The average molecular weight is 1800 g/mol. The number of carbonyl (C=O) groups excluding carboxylic acids is 2. The fraction of sp³-hybridized carbons (Fsp3) is 0.415. The molecule has 16 rings (SSSR count). The van der Waals surface area contributed by atoms with Crippen molar-refractivity contribution in [3.8, 4) is 46.4 Å². The number of benzene rings is 4. The van der Waals surface area contributed by atoms with Crippen LogP contribution in [0.3, 0.4) is 0 Å². The van der Waals surface area contributed by atoms with E-state index in [4.69, 9.17) is 46.2 Å². The van der Waals surface area contributed by atoms with E-state index in [-0.39, 0.29) is 98.8 Å². The van der Waals surface area contributed by atoms with E-state index >= 15 is 17.6 Å². The third-order valence-corrected chi connectivity index (χ3v) is 24.5. The number of piperidine rings is 2. The quantitative estimate of drug-likeness (QED) is 0.0411. The number of aromatic nitrogens is 10. The van der Waals surface area contributed by atoms with Gasteiger partial charge in [-0.25, -0.2) is 44.4 Å². The van der Waals surface area contributed by atoms with Crippen LogP contribution < -0.4 is 10.6 Å². The summed E-state index contributed by atoms with van der Waals surface area (Å²) in [7, 11) is -3.98. The van der Waals surface area contributed by atoms with Gasteiger partial charge < -0.3 is 10.6 Å². The molecule has 10 aromatic rings. The summed E-state index contributed by atoms with van der Waals surface area (Å²) in [4.78, 5) is 37.3. The molecule has 120 heavy (non-hydrogen) atoms.